The van der Waals surface area contributed by atoms with Gasteiger partial charge >= 0.3 is 5.97 Å². The van der Waals surface area contributed by atoms with E-state index in [9.17, 15) is 33.9 Å². The first-order valence-corrected chi connectivity index (χ1v) is 16.6. The molecule has 9 nitrogen and oxygen atoms in total. The lowest BCUT2D eigenvalue weighted by Crippen LogP contribution is -2.52. The van der Waals surface area contributed by atoms with Crippen LogP contribution in [0.5, 0.6) is 0 Å². The number of hydrogen-bond donors (Lipinski definition) is 3. The van der Waals surface area contributed by atoms with Gasteiger partial charge in [-0.1, -0.05) is 106 Å². The molecule has 0 bridgehead atoms. The Kier molecular flexibility index (Phi) is 13.3. The molecule has 0 spiro atoms. The fraction of sp³-hybridized carbons (Fsp3) is 0.400. The molecule has 0 saturated heterocycles. The number of amides is 2. The Hall–Kier alpha value is -4.92. The fourth-order valence-corrected chi connectivity index (χ4v) is 5.41. The molecule has 3 aromatic rings. The molecule has 0 aliphatic heterocycles. The first kappa shape index (κ1) is 38.5. The Bertz CT molecular complexity index is 1620. The highest BCUT2D eigenvalue weighted by Gasteiger charge is 2.35. The van der Waals surface area contributed by atoms with Crippen LogP contribution in [0.25, 0.3) is 0 Å². The van der Waals surface area contributed by atoms with Gasteiger partial charge in [0.25, 0.3) is 5.91 Å². The summed E-state index contributed by atoms with van der Waals surface area (Å²) in [5.74, 6) is -5.23. The molecule has 0 fully saturated rings. The Morgan fingerprint density at radius 3 is 1.76 bits per heavy atom. The third-order valence-electron chi connectivity index (χ3n) is 8.54. The average molecular weight is 669 g/mol. The zero-order chi connectivity index (χ0) is 36.4. The topological polar surface area (TPSA) is 147 Å². The Labute approximate surface area is 288 Å². The van der Waals surface area contributed by atoms with Gasteiger partial charge in [0.15, 0.2) is 5.78 Å². The summed E-state index contributed by atoms with van der Waals surface area (Å²) in [5, 5.41) is 14.7. The highest BCUT2D eigenvalue weighted by molar-refractivity contribution is 6.38. The number of carbonyl (C=O) groups is 6. The smallest absolute Gasteiger partial charge is 0.309 e. The summed E-state index contributed by atoms with van der Waals surface area (Å²) >= 11 is 0. The maximum absolute atomic E-state index is 13.5. The van der Waals surface area contributed by atoms with Crippen LogP contribution in [0.4, 0.5) is 0 Å². The van der Waals surface area contributed by atoms with Crippen molar-refractivity contribution in [3.8, 4) is 0 Å². The number of nitrogens with one attached hydrogen (secondary N) is 2. The summed E-state index contributed by atoms with van der Waals surface area (Å²) in [6.07, 6.45) is 0.0215. The van der Waals surface area contributed by atoms with E-state index in [4.69, 9.17) is 0 Å². The quantitative estimate of drug-likeness (QED) is 0.167. The second-order valence-electron chi connectivity index (χ2n) is 14.4. The summed E-state index contributed by atoms with van der Waals surface area (Å²) in [4.78, 5) is 78.2. The van der Waals surface area contributed by atoms with Crippen LogP contribution in [0.1, 0.15) is 76.6 Å². The van der Waals surface area contributed by atoms with E-state index in [1.54, 1.807) is 0 Å². The minimum absolute atomic E-state index is 0.0430. The van der Waals surface area contributed by atoms with Gasteiger partial charge in [0.05, 0.1) is 17.5 Å². The molecule has 2 amide bonds. The molecule has 0 aliphatic carbocycles. The maximum Gasteiger partial charge on any atom is 0.309 e. The minimum Gasteiger partial charge on any atom is -0.481 e. The molecule has 0 aliphatic rings. The predicted molar refractivity (Wildman–Crippen MR) is 188 cm³/mol. The van der Waals surface area contributed by atoms with Gasteiger partial charge in [-0.2, -0.15) is 0 Å². The molecule has 3 N–H and O–H groups in total. The molecule has 260 valence electrons. The van der Waals surface area contributed by atoms with Gasteiger partial charge in [0, 0.05) is 25.2 Å². The normalized spacial score (nSPS) is 13.4. The van der Waals surface area contributed by atoms with Gasteiger partial charge in [0.1, 0.15) is 5.78 Å². The van der Waals surface area contributed by atoms with Crippen LogP contribution in [-0.2, 0) is 53.4 Å². The van der Waals surface area contributed by atoms with Crippen molar-refractivity contribution in [2.45, 2.75) is 91.1 Å². The molecule has 3 atom stereocenters. The van der Waals surface area contributed by atoms with Crippen molar-refractivity contribution in [3.05, 3.63) is 107 Å². The van der Waals surface area contributed by atoms with E-state index in [1.165, 1.54) is 20.8 Å². The molecule has 49 heavy (non-hydrogen) atoms. The van der Waals surface area contributed by atoms with Crippen LogP contribution in [0.3, 0.4) is 0 Å². The lowest BCUT2D eigenvalue weighted by molar-refractivity contribution is -0.149. The van der Waals surface area contributed by atoms with Gasteiger partial charge in [-0.25, -0.2) is 0 Å². The molecular weight excluding hydrogens is 620 g/mol. The van der Waals surface area contributed by atoms with Crippen LogP contribution >= 0.6 is 0 Å². The Morgan fingerprint density at radius 2 is 1.22 bits per heavy atom. The maximum atomic E-state index is 13.5. The molecule has 0 saturated carbocycles. The van der Waals surface area contributed by atoms with E-state index < -0.39 is 52.8 Å². The van der Waals surface area contributed by atoms with E-state index in [-0.39, 0.29) is 43.3 Å². The van der Waals surface area contributed by atoms with Crippen LogP contribution in [0.15, 0.2) is 84.9 Å². The number of carboxylic acids is 1. The SMILES string of the molecule is CC(NC(=O)C(CC(=O)Cc1ccccc1)Cc1ccccc1)C(=O)C(=O)NC(Cc1ccc(C(C)(C)C)cc1)C(=O)CC(C)(C)C(=O)O. The summed E-state index contributed by atoms with van der Waals surface area (Å²) in [5.41, 5.74) is 1.96. The van der Waals surface area contributed by atoms with Crippen LogP contribution < -0.4 is 10.6 Å². The zero-order valence-electron chi connectivity index (χ0n) is 29.2. The van der Waals surface area contributed by atoms with Gasteiger partial charge in [-0.3, -0.25) is 28.8 Å². The number of carboxylic acid groups (broad SMARTS) is 1. The number of hydrogen-bond acceptors (Lipinski definition) is 6. The highest BCUT2D eigenvalue weighted by Crippen LogP contribution is 2.25. The number of aliphatic carboxylic acids is 1. The third-order valence-corrected chi connectivity index (χ3v) is 8.54. The average Bonchev–Trinajstić information content (AvgIpc) is 3.04. The number of Topliss-reactive ketones (excluding diaryl/α,β-unsaturated/α-hetero) is 3. The lowest BCUT2D eigenvalue weighted by atomic mass is 9.83. The van der Waals surface area contributed by atoms with Crippen LogP contribution in [0.2, 0.25) is 0 Å². The highest BCUT2D eigenvalue weighted by atomic mass is 16.4. The van der Waals surface area contributed by atoms with E-state index in [1.807, 2.05) is 84.9 Å². The molecule has 3 unspecified atom stereocenters. The second kappa shape index (κ2) is 17.0. The van der Waals surface area contributed by atoms with Gasteiger partial charge in [-0.15, -0.1) is 0 Å². The van der Waals surface area contributed by atoms with E-state index in [0.29, 0.717) is 0 Å². The van der Waals surface area contributed by atoms with Crippen LogP contribution in [-0.4, -0.2) is 52.3 Å². The predicted octanol–water partition coefficient (Wildman–Crippen LogP) is 5.22. The van der Waals surface area contributed by atoms with E-state index >= 15 is 0 Å². The number of carbonyl (C=O) groups excluding carboxylic acids is 5. The standard InChI is InChI=1S/C40H48N2O7/c1-26(41-36(46)30(21-27-13-9-7-10-14-27)24-32(43)22-28-15-11-8-12-16-28)35(45)37(47)42-33(34(44)25-40(5,6)38(48)49)23-29-17-19-31(20-18-29)39(2,3)4/h7-20,26,30,33H,21-25H2,1-6H3,(H,41,46)(H,42,47)(H,48,49). The molecule has 9 heteroatoms. The molecule has 0 radical (unpaired) electrons. The van der Waals surface area contributed by atoms with Gasteiger partial charge in [0.2, 0.25) is 11.7 Å². The van der Waals surface area contributed by atoms with Crippen molar-refractivity contribution in [1.82, 2.24) is 10.6 Å². The second-order valence-corrected chi connectivity index (χ2v) is 14.4. The Morgan fingerprint density at radius 1 is 0.694 bits per heavy atom. The Balaban J connectivity index is 1.75. The summed E-state index contributed by atoms with van der Waals surface area (Å²) < 4.78 is 0. The number of rotatable bonds is 17. The third kappa shape index (κ3) is 11.9. The van der Waals surface area contributed by atoms with Gasteiger partial charge < -0.3 is 15.7 Å². The van der Waals surface area contributed by atoms with Crippen molar-refractivity contribution in [3.63, 3.8) is 0 Å². The summed E-state index contributed by atoms with van der Waals surface area (Å²) in [7, 11) is 0. The largest absolute Gasteiger partial charge is 0.481 e. The molecule has 3 rings (SSSR count). The van der Waals surface area contributed by atoms with E-state index in [2.05, 4.69) is 31.4 Å². The monoisotopic (exact) mass is 668 g/mol. The van der Waals surface area contributed by atoms with Gasteiger partial charge in [-0.05, 0) is 61.3 Å². The van der Waals surface area contributed by atoms with Crippen molar-refractivity contribution in [2.75, 3.05) is 0 Å². The van der Waals surface area contributed by atoms with Crippen molar-refractivity contribution < 1.29 is 33.9 Å². The molecule has 0 aromatic heterocycles. The summed E-state index contributed by atoms with van der Waals surface area (Å²) in [6.45, 7) is 10.4. The fourth-order valence-electron chi connectivity index (χ4n) is 5.41. The summed E-state index contributed by atoms with van der Waals surface area (Å²) in [6, 6.07) is 23.5. The van der Waals surface area contributed by atoms with E-state index in [0.717, 1.165) is 22.3 Å². The molecular formula is C40H48N2O7. The zero-order valence-corrected chi connectivity index (χ0v) is 29.2. The number of benzene rings is 3. The van der Waals surface area contributed by atoms with Crippen molar-refractivity contribution >= 4 is 35.1 Å². The molecule has 3 aromatic carbocycles. The van der Waals surface area contributed by atoms with Crippen LogP contribution in [0, 0.1) is 11.3 Å². The number of ketones is 3. The van der Waals surface area contributed by atoms with Crippen molar-refractivity contribution in [2.24, 2.45) is 11.3 Å². The first-order chi connectivity index (χ1) is 23.0. The molecule has 0 heterocycles. The van der Waals surface area contributed by atoms with Crippen molar-refractivity contribution in [1.29, 1.82) is 0 Å². The minimum atomic E-state index is -1.40. The lowest BCUT2D eigenvalue weighted by Gasteiger charge is -2.24. The first-order valence-electron chi connectivity index (χ1n) is 16.6.